The minimum absolute atomic E-state index is 0.599. The van der Waals surface area contributed by atoms with Crippen LogP contribution in [0.2, 0.25) is 0 Å². The number of aryl methyl sites for hydroxylation is 1. The van der Waals surface area contributed by atoms with E-state index in [0.29, 0.717) is 11.8 Å². The first-order valence-corrected chi connectivity index (χ1v) is 8.40. The molecule has 0 saturated heterocycles. The van der Waals surface area contributed by atoms with Gasteiger partial charge >= 0.3 is 0 Å². The quantitative estimate of drug-likeness (QED) is 0.603. The molecular weight excluding hydrogens is 264 g/mol. The summed E-state index contributed by atoms with van der Waals surface area (Å²) in [7, 11) is 0. The van der Waals surface area contributed by atoms with Crippen LogP contribution in [0.4, 0.5) is 0 Å². The Labute approximate surface area is 135 Å². The van der Waals surface area contributed by atoms with E-state index in [1.165, 1.54) is 39.8 Å². The van der Waals surface area contributed by atoms with Crippen LogP contribution in [0.1, 0.15) is 44.7 Å². The standard InChI is InChI=1S/C22H26/c1-15-5-8-19(9-6-15)20-10-12-22(18(4)14-20)21-11-7-16(2)13-17(21)3/h5-12,17-18H,13-14H2,1-4H3/t17-,18+/m1/s1. The second-order valence-corrected chi connectivity index (χ2v) is 7.03. The van der Waals surface area contributed by atoms with E-state index in [1.807, 2.05) is 0 Å². The van der Waals surface area contributed by atoms with Crippen molar-refractivity contribution in [2.24, 2.45) is 11.8 Å². The van der Waals surface area contributed by atoms with E-state index in [0.717, 1.165) is 6.42 Å². The molecule has 0 heteroatoms. The van der Waals surface area contributed by atoms with Gasteiger partial charge in [-0.15, -0.1) is 0 Å². The zero-order valence-electron chi connectivity index (χ0n) is 14.2. The third-order valence-corrected chi connectivity index (χ3v) is 4.98. The van der Waals surface area contributed by atoms with Gasteiger partial charge in [-0.2, -0.15) is 0 Å². The molecular formula is C22H26. The summed E-state index contributed by atoms with van der Waals surface area (Å²) in [5.74, 6) is 1.25. The van der Waals surface area contributed by atoms with Crippen molar-refractivity contribution in [2.75, 3.05) is 0 Å². The van der Waals surface area contributed by atoms with Gasteiger partial charge in [-0.1, -0.05) is 73.6 Å². The minimum Gasteiger partial charge on any atom is -0.0727 e. The van der Waals surface area contributed by atoms with Crippen molar-refractivity contribution in [2.45, 2.75) is 40.5 Å². The van der Waals surface area contributed by atoms with Crippen LogP contribution in [-0.2, 0) is 0 Å². The Morgan fingerprint density at radius 3 is 1.91 bits per heavy atom. The van der Waals surface area contributed by atoms with Crippen molar-refractivity contribution >= 4 is 5.57 Å². The highest BCUT2D eigenvalue weighted by Crippen LogP contribution is 2.39. The van der Waals surface area contributed by atoms with Crippen molar-refractivity contribution in [3.8, 4) is 0 Å². The fourth-order valence-electron chi connectivity index (χ4n) is 3.66. The van der Waals surface area contributed by atoms with Crippen LogP contribution in [0.15, 0.2) is 65.3 Å². The van der Waals surface area contributed by atoms with E-state index < -0.39 is 0 Å². The summed E-state index contributed by atoms with van der Waals surface area (Å²) in [4.78, 5) is 0. The second-order valence-electron chi connectivity index (χ2n) is 7.03. The number of rotatable bonds is 2. The Kier molecular flexibility index (Phi) is 4.20. The molecule has 0 nitrogen and oxygen atoms in total. The van der Waals surface area contributed by atoms with Gasteiger partial charge in [0.05, 0.1) is 0 Å². The molecule has 0 aromatic heterocycles. The summed E-state index contributed by atoms with van der Waals surface area (Å²) in [5, 5.41) is 0. The third kappa shape index (κ3) is 3.02. The Morgan fingerprint density at radius 1 is 0.727 bits per heavy atom. The minimum atomic E-state index is 0.599. The average molecular weight is 290 g/mol. The predicted octanol–water partition coefficient (Wildman–Crippen LogP) is 6.26. The molecule has 0 aliphatic heterocycles. The smallest absolute Gasteiger partial charge is 0.0147 e. The molecule has 0 N–H and O–H groups in total. The summed E-state index contributed by atoms with van der Waals surface area (Å²) in [6, 6.07) is 8.92. The van der Waals surface area contributed by atoms with Gasteiger partial charge in [-0.25, -0.2) is 0 Å². The Bertz CT molecular complexity index is 677. The number of benzene rings is 1. The molecule has 0 bridgehead atoms. The summed E-state index contributed by atoms with van der Waals surface area (Å²) in [5.41, 5.74) is 8.73. The van der Waals surface area contributed by atoms with Crippen molar-refractivity contribution in [3.05, 3.63) is 76.4 Å². The monoisotopic (exact) mass is 290 g/mol. The zero-order chi connectivity index (χ0) is 15.7. The number of allylic oxidation sites excluding steroid dienone is 8. The van der Waals surface area contributed by atoms with E-state index in [1.54, 1.807) is 0 Å². The molecule has 2 atom stereocenters. The summed E-state index contributed by atoms with van der Waals surface area (Å²) >= 11 is 0. The Hall–Kier alpha value is -1.82. The largest absolute Gasteiger partial charge is 0.0727 e. The van der Waals surface area contributed by atoms with Gasteiger partial charge in [0.1, 0.15) is 0 Å². The van der Waals surface area contributed by atoms with Crippen LogP contribution >= 0.6 is 0 Å². The molecule has 3 rings (SSSR count). The first-order chi connectivity index (χ1) is 10.5. The van der Waals surface area contributed by atoms with E-state index in [2.05, 4.69) is 76.3 Å². The maximum Gasteiger partial charge on any atom is -0.0147 e. The van der Waals surface area contributed by atoms with E-state index in [9.17, 15) is 0 Å². The van der Waals surface area contributed by atoms with Crippen LogP contribution in [0.3, 0.4) is 0 Å². The number of hydrogen-bond acceptors (Lipinski definition) is 0. The van der Waals surface area contributed by atoms with Crippen LogP contribution < -0.4 is 0 Å². The first kappa shape index (κ1) is 15.1. The van der Waals surface area contributed by atoms with Crippen LogP contribution in [0.5, 0.6) is 0 Å². The topological polar surface area (TPSA) is 0 Å². The summed E-state index contributed by atoms with van der Waals surface area (Å²) < 4.78 is 0. The molecule has 1 aromatic rings. The molecule has 0 amide bonds. The van der Waals surface area contributed by atoms with Crippen molar-refractivity contribution in [1.82, 2.24) is 0 Å². The molecule has 0 radical (unpaired) electrons. The second kappa shape index (κ2) is 6.12. The fourth-order valence-corrected chi connectivity index (χ4v) is 3.66. The molecule has 114 valence electrons. The molecule has 2 aliphatic rings. The molecule has 0 spiro atoms. The molecule has 0 heterocycles. The number of hydrogen-bond donors (Lipinski definition) is 0. The van der Waals surface area contributed by atoms with Gasteiger partial charge in [0.15, 0.2) is 0 Å². The lowest BCUT2D eigenvalue weighted by Gasteiger charge is -2.29. The third-order valence-electron chi connectivity index (χ3n) is 4.98. The van der Waals surface area contributed by atoms with E-state index in [4.69, 9.17) is 0 Å². The Morgan fingerprint density at radius 2 is 1.32 bits per heavy atom. The Balaban J connectivity index is 1.90. The lowest BCUT2D eigenvalue weighted by Crippen LogP contribution is -2.14. The molecule has 2 aliphatic carbocycles. The SMILES string of the molecule is CC1=CC=C(C2=CC=C(c3ccc(C)cc3)C[C@@H]2C)[C@H](C)C1. The van der Waals surface area contributed by atoms with Gasteiger partial charge in [0.2, 0.25) is 0 Å². The summed E-state index contributed by atoms with van der Waals surface area (Å²) in [6.45, 7) is 9.10. The molecule has 0 saturated carbocycles. The van der Waals surface area contributed by atoms with Crippen LogP contribution in [0, 0.1) is 18.8 Å². The average Bonchev–Trinajstić information content (AvgIpc) is 2.49. The maximum absolute atomic E-state index is 2.37. The summed E-state index contributed by atoms with van der Waals surface area (Å²) in [6.07, 6.45) is 11.7. The van der Waals surface area contributed by atoms with Crippen molar-refractivity contribution in [1.29, 1.82) is 0 Å². The van der Waals surface area contributed by atoms with Gasteiger partial charge < -0.3 is 0 Å². The van der Waals surface area contributed by atoms with Crippen LogP contribution in [-0.4, -0.2) is 0 Å². The fraction of sp³-hybridized carbons (Fsp3) is 0.364. The lowest BCUT2D eigenvalue weighted by atomic mass is 9.76. The first-order valence-electron chi connectivity index (χ1n) is 8.40. The molecule has 0 fully saturated rings. The highest BCUT2D eigenvalue weighted by atomic mass is 14.3. The van der Waals surface area contributed by atoms with Crippen molar-refractivity contribution < 1.29 is 0 Å². The zero-order valence-corrected chi connectivity index (χ0v) is 14.2. The highest BCUT2D eigenvalue weighted by molar-refractivity contribution is 5.70. The maximum atomic E-state index is 2.37. The molecule has 1 aromatic carbocycles. The normalized spacial score (nSPS) is 25.1. The predicted molar refractivity (Wildman–Crippen MR) is 96.6 cm³/mol. The van der Waals surface area contributed by atoms with E-state index >= 15 is 0 Å². The highest BCUT2D eigenvalue weighted by Gasteiger charge is 2.23. The molecule has 22 heavy (non-hydrogen) atoms. The van der Waals surface area contributed by atoms with Gasteiger partial charge in [-0.05, 0) is 60.8 Å². The lowest BCUT2D eigenvalue weighted by molar-refractivity contribution is 0.618. The van der Waals surface area contributed by atoms with Crippen LogP contribution in [0.25, 0.3) is 5.57 Å². The molecule has 0 unspecified atom stereocenters. The van der Waals surface area contributed by atoms with Gasteiger partial charge in [0, 0.05) is 0 Å². The van der Waals surface area contributed by atoms with Crippen molar-refractivity contribution in [3.63, 3.8) is 0 Å². The van der Waals surface area contributed by atoms with E-state index in [-0.39, 0.29) is 0 Å². The van der Waals surface area contributed by atoms with Gasteiger partial charge in [0.25, 0.3) is 0 Å². The van der Waals surface area contributed by atoms with Gasteiger partial charge in [-0.3, -0.25) is 0 Å².